The number of anilines is 2. The van der Waals surface area contributed by atoms with E-state index in [4.69, 9.17) is 34.8 Å². The Labute approximate surface area is 161 Å². The van der Waals surface area contributed by atoms with Crippen LogP contribution in [0.3, 0.4) is 0 Å². The lowest BCUT2D eigenvalue weighted by molar-refractivity contribution is -0.117. The molecular weight excluding hydrogens is 383 g/mol. The number of pyridine rings is 1. The predicted molar refractivity (Wildman–Crippen MR) is 103 cm³/mol. The summed E-state index contributed by atoms with van der Waals surface area (Å²) in [6.45, 7) is 3.34. The number of amides is 1. The van der Waals surface area contributed by atoms with Crippen molar-refractivity contribution in [3.8, 4) is 0 Å². The second kappa shape index (κ2) is 8.23. The highest BCUT2D eigenvalue weighted by Crippen LogP contribution is 2.26. The Morgan fingerprint density at radius 3 is 2.52 bits per heavy atom. The molecule has 1 saturated heterocycles. The topological polar surface area (TPSA) is 48.5 Å². The molecule has 1 fully saturated rings. The summed E-state index contributed by atoms with van der Waals surface area (Å²) in [5.74, 6) is 0.674. The Balaban J connectivity index is 1.51. The van der Waals surface area contributed by atoms with Crippen LogP contribution in [0, 0.1) is 0 Å². The first kappa shape index (κ1) is 18.3. The van der Waals surface area contributed by atoms with Crippen molar-refractivity contribution < 1.29 is 4.79 Å². The van der Waals surface area contributed by atoms with Crippen LogP contribution in [0.2, 0.25) is 15.1 Å². The zero-order valence-electron chi connectivity index (χ0n) is 13.4. The summed E-state index contributed by atoms with van der Waals surface area (Å²) in [5.41, 5.74) is 0.702. The number of carbonyl (C=O) groups excluding carboxylic acids is 1. The van der Waals surface area contributed by atoms with Gasteiger partial charge in [0, 0.05) is 43.1 Å². The molecule has 0 aliphatic carbocycles. The van der Waals surface area contributed by atoms with Crippen molar-refractivity contribution in [2.24, 2.45) is 0 Å². The molecule has 1 aromatic heterocycles. The number of carbonyl (C=O) groups is 1. The molecule has 2 heterocycles. The lowest BCUT2D eigenvalue weighted by Gasteiger charge is -2.35. The smallest absolute Gasteiger partial charge is 0.238 e. The van der Waals surface area contributed by atoms with Crippen molar-refractivity contribution in [3.63, 3.8) is 0 Å². The lowest BCUT2D eigenvalue weighted by atomic mass is 10.3. The number of hydrogen-bond donors (Lipinski definition) is 1. The van der Waals surface area contributed by atoms with Gasteiger partial charge in [-0.1, -0.05) is 40.9 Å². The van der Waals surface area contributed by atoms with Crippen LogP contribution in [0.4, 0.5) is 11.5 Å². The fourth-order valence-corrected chi connectivity index (χ4v) is 3.42. The summed E-state index contributed by atoms with van der Waals surface area (Å²) in [6.07, 6.45) is 1.59. The average molecular weight is 400 g/mol. The Morgan fingerprint density at radius 1 is 1.08 bits per heavy atom. The molecule has 1 aliphatic rings. The van der Waals surface area contributed by atoms with E-state index in [2.05, 4.69) is 20.1 Å². The third-order valence-electron chi connectivity index (χ3n) is 3.94. The molecule has 132 valence electrons. The molecule has 0 radical (unpaired) electrons. The van der Waals surface area contributed by atoms with Crippen LogP contribution in [0.1, 0.15) is 0 Å². The normalized spacial score (nSPS) is 15.2. The zero-order chi connectivity index (χ0) is 17.8. The lowest BCUT2D eigenvalue weighted by Crippen LogP contribution is -2.49. The number of piperazine rings is 1. The van der Waals surface area contributed by atoms with Crippen LogP contribution in [0.15, 0.2) is 36.5 Å². The van der Waals surface area contributed by atoms with E-state index in [0.29, 0.717) is 27.3 Å². The molecule has 0 unspecified atom stereocenters. The van der Waals surface area contributed by atoms with Gasteiger partial charge in [0.25, 0.3) is 0 Å². The Morgan fingerprint density at radius 2 is 1.84 bits per heavy atom. The molecular formula is C17H17Cl3N4O. The number of aromatic nitrogens is 1. The summed E-state index contributed by atoms with van der Waals surface area (Å²) < 4.78 is 0. The van der Waals surface area contributed by atoms with Gasteiger partial charge in [-0.2, -0.15) is 0 Å². The van der Waals surface area contributed by atoms with E-state index in [0.717, 1.165) is 32.0 Å². The maximum Gasteiger partial charge on any atom is 0.238 e. The van der Waals surface area contributed by atoms with Gasteiger partial charge in [0.2, 0.25) is 5.91 Å². The van der Waals surface area contributed by atoms with Gasteiger partial charge in [-0.05, 0) is 24.3 Å². The SMILES string of the molecule is O=C(CN1CCN(c2ncc(Cl)cc2Cl)CC1)Nc1cccc(Cl)c1. The molecule has 5 nitrogen and oxygen atoms in total. The third kappa shape index (κ3) is 4.98. The van der Waals surface area contributed by atoms with Crippen molar-refractivity contribution in [3.05, 3.63) is 51.6 Å². The third-order valence-corrected chi connectivity index (χ3v) is 4.66. The molecule has 0 atom stereocenters. The number of rotatable bonds is 4. The van der Waals surface area contributed by atoms with Crippen molar-refractivity contribution >= 4 is 52.2 Å². The maximum absolute atomic E-state index is 12.2. The molecule has 1 amide bonds. The molecule has 1 aromatic carbocycles. The molecule has 25 heavy (non-hydrogen) atoms. The van der Waals surface area contributed by atoms with Gasteiger partial charge in [-0.3, -0.25) is 9.69 Å². The van der Waals surface area contributed by atoms with Crippen molar-refractivity contribution in [2.45, 2.75) is 0 Å². The minimum Gasteiger partial charge on any atom is -0.353 e. The van der Waals surface area contributed by atoms with Gasteiger partial charge in [-0.25, -0.2) is 4.98 Å². The zero-order valence-corrected chi connectivity index (χ0v) is 15.7. The molecule has 0 saturated carbocycles. The second-order valence-corrected chi connectivity index (χ2v) is 7.06. The fourth-order valence-electron chi connectivity index (χ4n) is 2.73. The molecule has 0 spiro atoms. The number of hydrogen-bond acceptors (Lipinski definition) is 4. The highest BCUT2D eigenvalue weighted by Gasteiger charge is 2.21. The fraction of sp³-hybridized carbons (Fsp3) is 0.294. The van der Waals surface area contributed by atoms with Gasteiger partial charge in [0.05, 0.1) is 16.6 Å². The van der Waals surface area contributed by atoms with E-state index >= 15 is 0 Å². The maximum atomic E-state index is 12.2. The largest absolute Gasteiger partial charge is 0.353 e. The van der Waals surface area contributed by atoms with Gasteiger partial charge in [0.1, 0.15) is 5.82 Å². The minimum atomic E-state index is -0.0571. The summed E-state index contributed by atoms with van der Waals surface area (Å²) >= 11 is 18.0. The quantitative estimate of drug-likeness (QED) is 0.849. The van der Waals surface area contributed by atoms with E-state index in [9.17, 15) is 4.79 Å². The van der Waals surface area contributed by atoms with Crippen LogP contribution < -0.4 is 10.2 Å². The second-order valence-electron chi connectivity index (χ2n) is 5.78. The minimum absolute atomic E-state index is 0.0571. The first-order valence-electron chi connectivity index (χ1n) is 7.85. The van der Waals surface area contributed by atoms with E-state index in [1.165, 1.54) is 0 Å². The van der Waals surface area contributed by atoms with E-state index in [1.807, 2.05) is 6.07 Å². The summed E-state index contributed by atoms with van der Waals surface area (Å²) in [5, 5.41) is 4.52. The number of nitrogens with one attached hydrogen (secondary N) is 1. The van der Waals surface area contributed by atoms with Crippen molar-refractivity contribution in [1.82, 2.24) is 9.88 Å². The molecule has 8 heteroatoms. The standard InChI is InChI=1S/C17H17Cl3N4O/c18-12-2-1-3-14(8-12)22-16(25)11-23-4-6-24(7-5-23)17-15(20)9-13(19)10-21-17/h1-3,8-10H,4-7,11H2,(H,22,25). The van der Waals surface area contributed by atoms with Gasteiger partial charge in [-0.15, -0.1) is 0 Å². The number of benzene rings is 1. The van der Waals surface area contributed by atoms with Crippen LogP contribution in [0.25, 0.3) is 0 Å². The predicted octanol–water partition coefficient (Wildman–Crippen LogP) is 3.80. The Kier molecular flexibility index (Phi) is 6.02. The number of halogens is 3. The highest BCUT2D eigenvalue weighted by molar-refractivity contribution is 6.36. The van der Waals surface area contributed by atoms with E-state index in [-0.39, 0.29) is 5.91 Å². The van der Waals surface area contributed by atoms with Gasteiger partial charge >= 0.3 is 0 Å². The van der Waals surface area contributed by atoms with Crippen molar-refractivity contribution in [1.29, 1.82) is 0 Å². The van der Waals surface area contributed by atoms with Crippen LogP contribution >= 0.6 is 34.8 Å². The average Bonchev–Trinajstić information content (AvgIpc) is 2.56. The van der Waals surface area contributed by atoms with Gasteiger partial charge < -0.3 is 10.2 Å². The summed E-state index contributed by atoms with van der Waals surface area (Å²) in [7, 11) is 0. The monoisotopic (exact) mass is 398 g/mol. The molecule has 2 aromatic rings. The van der Waals surface area contributed by atoms with E-state index in [1.54, 1.807) is 30.5 Å². The molecule has 3 rings (SSSR count). The first-order chi connectivity index (χ1) is 12.0. The Hall–Kier alpha value is -1.53. The summed E-state index contributed by atoms with van der Waals surface area (Å²) in [4.78, 5) is 20.7. The Bertz CT molecular complexity index is 763. The van der Waals surface area contributed by atoms with Crippen LogP contribution in [-0.4, -0.2) is 48.5 Å². The van der Waals surface area contributed by atoms with Crippen LogP contribution in [0.5, 0.6) is 0 Å². The molecule has 1 aliphatic heterocycles. The van der Waals surface area contributed by atoms with Crippen molar-refractivity contribution in [2.75, 3.05) is 42.9 Å². The number of nitrogens with zero attached hydrogens (tertiary/aromatic N) is 3. The highest BCUT2D eigenvalue weighted by atomic mass is 35.5. The first-order valence-corrected chi connectivity index (χ1v) is 8.98. The molecule has 1 N–H and O–H groups in total. The van der Waals surface area contributed by atoms with Crippen LogP contribution in [-0.2, 0) is 4.79 Å². The van der Waals surface area contributed by atoms with Gasteiger partial charge in [0.15, 0.2) is 0 Å². The molecule has 0 bridgehead atoms. The summed E-state index contributed by atoms with van der Waals surface area (Å²) in [6, 6.07) is 8.81. The van der Waals surface area contributed by atoms with E-state index < -0.39 is 0 Å².